The van der Waals surface area contributed by atoms with Crippen molar-refractivity contribution in [2.24, 2.45) is 0 Å². The van der Waals surface area contributed by atoms with E-state index < -0.39 is 0 Å². The number of nitrogens with one attached hydrogen (secondary N) is 1. The number of aryl methyl sites for hydroxylation is 1. The number of hydrogen-bond donors (Lipinski definition) is 1. The van der Waals surface area contributed by atoms with E-state index in [0.717, 1.165) is 48.3 Å². The summed E-state index contributed by atoms with van der Waals surface area (Å²) in [6, 6.07) is 14.1. The van der Waals surface area contributed by atoms with E-state index in [4.69, 9.17) is 28.6 Å². The molecule has 2 aromatic rings. The molecular weight excluding hydrogens is 354 g/mol. The lowest BCUT2D eigenvalue weighted by atomic mass is 10.2. The van der Waals surface area contributed by atoms with Gasteiger partial charge in [-0.05, 0) is 49.0 Å². The van der Waals surface area contributed by atoms with Gasteiger partial charge in [-0.3, -0.25) is 0 Å². The molecule has 132 valence electrons. The average molecular weight is 376 g/mol. The summed E-state index contributed by atoms with van der Waals surface area (Å²) in [7, 11) is 1.69. The average Bonchev–Trinajstić information content (AvgIpc) is 2.64. The molecule has 3 rings (SSSR count). The van der Waals surface area contributed by atoms with Crippen LogP contribution in [0, 0.1) is 6.92 Å². The van der Waals surface area contributed by atoms with Crippen LogP contribution in [-0.4, -0.2) is 43.3 Å². The molecular formula is C19H22ClN3OS. The Hall–Kier alpha value is -1.98. The predicted octanol–water partition coefficient (Wildman–Crippen LogP) is 4.18. The highest BCUT2D eigenvalue weighted by atomic mass is 35.5. The summed E-state index contributed by atoms with van der Waals surface area (Å²) in [5, 5.41) is 4.68. The zero-order valence-electron chi connectivity index (χ0n) is 14.5. The number of methoxy groups -OCH3 is 1. The molecule has 25 heavy (non-hydrogen) atoms. The molecule has 0 aliphatic carbocycles. The minimum atomic E-state index is 0.692. The first-order chi connectivity index (χ1) is 12.1. The van der Waals surface area contributed by atoms with Gasteiger partial charge in [0.1, 0.15) is 5.75 Å². The Morgan fingerprint density at radius 2 is 1.88 bits per heavy atom. The molecule has 1 saturated heterocycles. The Balaban J connectivity index is 1.58. The maximum atomic E-state index is 6.28. The number of benzene rings is 2. The molecule has 0 amide bonds. The van der Waals surface area contributed by atoms with Crippen molar-refractivity contribution >= 4 is 40.3 Å². The van der Waals surface area contributed by atoms with Crippen LogP contribution >= 0.6 is 23.8 Å². The second-order valence-electron chi connectivity index (χ2n) is 6.09. The van der Waals surface area contributed by atoms with Crippen LogP contribution in [0.25, 0.3) is 0 Å². The SMILES string of the molecule is COc1cccc(N2CCN(C(=S)Nc3ccc(C)cc3Cl)CC2)c1. The van der Waals surface area contributed by atoms with Crippen molar-refractivity contribution in [2.75, 3.05) is 43.5 Å². The molecule has 2 aromatic carbocycles. The summed E-state index contributed by atoms with van der Waals surface area (Å²) in [5.41, 5.74) is 3.17. The van der Waals surface area contributed by atoms with Gasteiger partial charge in [0.25, 0.3) is 0 Å². The summed E-state index contributed by atoms with van der Waals surface area (Å²) in [5.74, 6) is 0.881. The Labute approximate surface area is 159 Å². The van der Waals surface area contributed by atoms with Gasteiger partial charge < -0.3 is 19.9 Å². The van der Waals surface area contributed by atoms with E-state index in [-0.39, 0.29) is 0 Å². The molecule has 0 atom stereocenters. The Morgan fingerprint density at radius 3 is 2.56 bits per heavy atom. The summed E-state index contributed by atoms with van der Waals surface area (Å²) >= 11 is 11.8. The topological polar surface area (TPSA) is 27.7 Å². The van der Waals surface area contributed by atoms with E-state index in [1.54, 1.807) is 7.11 Å². The molecule has 1 aliphatic heterocycles. The minimum Gasteiger partial charge on any atom is -0.497 e. The Kier molecular flexibility index (Phi) is 5.66. The number of piperazine rings is 1. The van der Waals surface area contributed by atoms with Gasteiger partial charge in [0.05, 0.1) is 17.8 Å². The lowest BCUT2D eigenvalue weighted by molar-refractivity contribution is 0.389. The van der Waals surface area contributed by atoms with Crippen LogP contribution in [0.15, 0.2) is 42.5 Å². The van der Waals surface area contributed by atoms with E-state index in [9.17, 15) is 0 Å². The summed E-state index contributed by atoms with van der Waals surface area (Å²) < 4.78 is 5.31. The van der Waals surface area contributed by atoms with Crippen molar-refractivity contribution in [2.45, 2.75) is 6.92 Å². The highest BCUT2D eigenvalue weighted by Gasteiger charge is 2.20. The molecule has 6 heteroatoms. The van der Waals surface area contributed by atoms with Crippen molar-refractivity contribution in [3.05, 3.63) is 53.1 Å². The molecule has 1 heterocycles. The molecule has 0 bridgehead atoms. The third-order valence-electron chi connectivity index (χ3n) is 4.35. The van der Waals surface area contributed by atoms with Gasteiger partial charge >= 0.3 is 0 Å². The molecule has 0 spiro atoms. The first kappa shape index (κ1) is 17.8. The number of nitrogens with zero attached hydrogens (tertiary/aromatic N) is 2. The monoisotopic (exact) mass is 375 g/mol. The van der Waals surface area contributed by atoms with Gasteiger partial charge in [-0.1, -0.05) is 23.7 Å². The van der Waals surface area contributed by atoms with E-state index >= 15 is 0 Å². The Morgan fingerprint density at radius 1 is 1.12 bits per heavy atom. The van der Waals surface area contributed by atoms with Gasteiger partial charge in [0.15, 0.2) is 5.11 Å². The first-order valence-corrected chi connectivity index (χ1v) is 9.06. The van der Waals surface area contributed by atoms with Gasteiger partial charge in [0.2, 0.25) is 0 Å². The van der Waals surface area contributed by atoms with E-state index in [2.05, 4.69) is 27.2 Å². The second kappa shape index (κ2) is 7.93. The highest BCUT2D eigenvalue weighted by Crippen LogP contribution is 2.24. The fraction of sp³-hybridized carbons (Fsp3) is 0.316. The number of halogens is 1. The third-order valence-corrected chi connectivity index (χ3v) is 5.02. The molecule has 4 nitrogen and oxygen atoms in total. The first-order valence-electron chi connectivity index (χ1n) is 8.28. The van der Waals surface area contributed by atoms with Crippen LogP contribution in [-0.2, 0) is 0 Å². The van der Waals surface area contributed by atoms with Gasteiger partial charge in [-0.2, -0.15) is 0 Å². The molecule has 1 aliphatic rings. The number of ether oxygens (including phenoxy) is 1. The largest absolute Gasteiger partial charge is 0.497 e. The van der Waals surface area contributed by atoms with Gasteiger partial charge in [-0.25, -0.2) is 0 Å². The normalized spacial score (nSPS) is 14.4. The zero-order chi connectivity index (χ0) is 17.8. The van der Waals surface area contributed by atoms with E-state index in [0.29, 0.717) is 5.02 Å². The van der Waals surface area contributed by atoms with Crippen LogP contribution in [0.2, 0.25) is 5.02 Å². The molecule has 0 radical (unpaired) electrons. The lowest BCUT2D eigenvalue weighted by Gasteiger charge is -2.37. The molecule has 0 aromatic heterocycles. The molecule has 1 fully saturated rings. The summed E-state index contributed by atoms with van der Waals surface area (Å²) in [6.07, 6.45) is 0. The maximum absolute atomic E-state index is 6.28. The predicted molar refractivity (Wildman–Crippen MR) is 109 cm³/mol. The highest BCUT2D eigenvalue weighted by molar-refractivity contribution is 7.80. The summed E-state index contributed by atoms with van der Waals surface area (Å²) in [6.45, 7) is 5.58. The Bertz CT molecular complexity index is 760. The van der Waals surface area contributed by atoms with Crippen LogP contribution < -0.4 is 15.0 Å². The van der Waals surface area contributed by atoms with Gasteiger partial charge in [-0.15, -0.1) is 0 Å². The number of anilines is 2. The van der Waals surface area contributed by atoms with E-state index in [1.807, 2.05) is 37.3 Å². The van der Waals surface area contributed by atoms with Crippen LogP contribution in [0.1, 0.15) is 5.56 Å². The van der Waals surface area contributed by atoms with Crippen molar-refractivity contribution in [1.82, 2.24) is 4.90 Å². The third kappa shape index (κ3) is 4.35. The van der Waals surface area contributed by atoms with Crippen LogP contribution in [0.4, 0.5) is 11.4 Å². The lowest BCUT2D eigenvalue weighted by Crippen LogP contribution is -2.50. The summed E-state index contributed by atoms with van der Waals surface area (Å²) in [4.78, 5) is 4.53. The molecule has 1 N–H and O–H groups in total. The number of thiocarbonyl (C=S) groups is 1. The van der Waals surface area contributed by atoms with Gasteiger partial charge in [0, 0.05) is 37.9 Å². The maximum Gasteiger partial charge on any atom is 0.173 e. The van der Waals surface area contributed by atoms with Crippen LogP contribution in [0.5, 0.6) is 5.75 Å². The van der Waals surface area contributed by atoms with Crippen molar-refractivity contribution < 1.29 is 4.74 Å². The minimum absolute atomic E-state index is 0.692. The van der Waals surface area contributed by atoms with E-state index in [1.165, 1.54) is 5.69 Å². The smallest absolute Gasteiger partial charge is 0.173 e. The second-order valence-corrected chi connectivity index (χ2v) is 6.88. The van der Waals surface area contributed by atoms with Crippen LogP contribution in [0.3, 0.4) is 0 Å². The molecule has 0 unspecified atom stereocenters. The van der Waals surface area contributed by atoms with Crippen molar-refractivity contribution in [3.8, 4) is 5.75 Å². The fourth-order valence-electron chi connectivity index (χ4n) is 2.89. The standard InChI is InChI=1S/C19H22ClN3OS/c1-14-6-7-18(17(20)12-14)21-19(25)23-10-8-22(9-11-23)15-4-3-5-16(13-15)24-2/h3-7,12-13H,8-11H2,1-2H3,(H,21,25). The zero-order valence-corrected chi connectivity index (χ0v) is 16.0. The molecule has 0 saturated carbocycles. The fourth-order valence-corrected chi connectivity index (χ4v) is 3.47. The number of hydrogen-bond acceptors (Lipinski definition) is 3. The van der Waals surface area contributed by atoms with Crippen molar-refractivity contribution in [1.29, 1.82) is 0 Å². The quantitative estimate of drug-likeness (QED) is 0.812. The number of rotatable bonds is 3. The van der Waals surface area contributed by atoms with Crippen molar-refractivity contribution in [3.63, 3.8) is 0 Å².